The van der Waals surface area contributed by atoms with Gasteiger partial charge in [0.2, 0.25) is 5.88 Å². The van der Waals surface area contributed by atoms with Crippen molar-refractivity contribution in [3.8, 4) is 11.6 Å². The second-order valence-electron chi connectivity index (χ2n) is 4.86. The van der Waals surface area contributed by atoms with Crippen molar-refractivity contribution in [2.45, 2.75) is 19.9 Å². The summed E-state index contributed by atoms with van der Waals surface area (Å²) in [5.74, 6) is 1.53. The van der Waals surface area contributed by atoms with E-state index in [2.05, 4.69) is 17.3 Å². The van der Waals surface area contributed by atoms with Crippen LogP contribution in [0.15, 0.2) is 24.3 Å². The Morgan fingerprint density at radius 2 is 2.00 bits per heavy atom. The number of ether oxygens (including phenoxy) is 2. The number of aliphatic hydroxyl groups excluding tert-OH is 1. The maximum Gasteiger partial charge on any atom is 0.216 e. The third-order valence-electron chi connectivity index (χ3n) is 3.38. The Labute approximate surface area is 130 Å². The minimum Gasteiger partial charge on any atom is -0.491 e. The molecule has 22 heavy (non-hydrogen) atoms. The van der Waals surface area contributed by atoms with E-state index < -0.39 is 0 Å². The summed E-state index contributed by atoms with van der Waals surface area (Å²) in [6.07, 6.45) is 0.863. The van der Waals surface area contributed by atoms with Gasteiger partial charge in [-0.25, -0.2) is 4.68 Å². The van der Waals surface area contributed by atoms with Gasteiger partial charge in [-0.1, -0.05) is 6.92 Å². The Hall–Kier alpha value is -2.21. The number of hydrogen-bond acceptors (Lipinski definition) is 5. The van der Waals surface area contributed by atoms with Gasteiger partial charge in [0.1, 0.15) is 12.4 Å². The van der Waals surface area contributed by atoms with Crippen LogP contribution >= 0.6 is 0 Å². The molecule has 0 bridgehead atoms. The first-order valence-corrected chi connectivity index (χ1v) is 7.35. The number of nitrogens with one attached hydrogen (secondary N) is 1. The van der Waals surface area contributed by atoms with E-state index in [1.165, 1.54) is 0 Å². The van der Waals surface area contributed by atoms with Crippen LogP contribution in [-0.4, -0.2) is 35.2 Å². The molecule has 1 aromatic heterocycles. The summed E-state index contributed by atoms with van der Waals surface area (Å²) in [5.41, 5.74) is 3.10. The molecular weight excluding hydrogens is 282 g/mol. The molecule has 0 aliphatic heterocycles. The van der Waals surface area contributed by atoms with E-state index in [1.54, 1.807) is 11.8 Å². The van der Waals surface area contributed by atoms with Gasteiger partial charge in [-0.2, -0.15) is 5.10 Å². The third kappa shape index (κ3) is 3.71. The van der Waals surface area contributed by atoms with Crippen LogP contribution in [0.25, 0.3) is 0 Å². The molecule has 1 aromatic carbocycles. The van der Waals surface area contributed by atoms with E-state index in [0.29, 0.717) is 13.2 Å². The van der Waals surface area contributed by atoms with Gasteiger partial charge in [0.15, 0.2) is 0 Å². The molecule has 0 saturated heterocycles. The first-order chi connectivity index (χ1) is 10.7. The van der Waals surface area contributed by atoms with E-state index in [0.717, 1.165) is 35.0 Å². The SMILES string of the molecule is CCc1nn(C)c(OC)c1CNc1ccc(OCCO)cc1. The van der Waals surface area contributed by atoms with Gasteiger partial charge < -0.3 is 19.9 Å². The minimum absolute atomic E-state index is 0.0145. The molecule has 6 heteroatoms. The molecule has 0 atom stereocenters. The number of hydrogen-bond donors (Lipinski definition) is 2. The Morgan fingerprint density at radius 3 is 2.59 bits per heavy atom. The lowest BCUT2D eigenvalue weighted by atomic mass is 10.2. The fourth-order valence-corrected chi connectivity index (χ4v) is 2.35. The fraction of sp³-hybridized carbons (Fsp3) is 0.438. The molecule has 2 N–H and O–H groups in total. The van der Waals surface area contributed by atoms with Crippen molar-refractivity contribution in [2.75, 3.05) is 25.6 Å². The lowest BCUT2D eigenvalue weighted by Crippen LogP contribution is -2.04. The zero-order valence-electron chi connectivity index (χ0n) is 13.3. The number of anilines is 1. The van der Waals surface area contributed by atoms with E-state index in [9.17, 15) is 0 Å². The Morgan fingerprint density at radius 1 is 1.27 bits per heavy atom. The molecule has 6 nitrogen and oxygen atoms in total. The first kappa shape index (κ1) is 16.2. The average Bonchev–Trinajstić information content (AvgIpc) is 2.86. The molecule has 0 saturated carbocycles. The zero-order chi connectivity index (χ0) is 15.9. The predicted molar refractivity (Wildman–Crippen MR) is 85.5 cm³/mol. The molecule has 1 heterocycles. The standard InChI is InChI=1S/C16H23N3O3/c1-4-15-14(16(21-3)19(2)18-15)11-17-12-5-7-13(8-6-12)22-10-9-20/h5-8,17,20H,4,9-11H2,1-3H3. The summed E-state index contributed by atoms with van der Waals surface area (Å²) in [4.78, 5) is 0. The molecule has 0 aliphatic rings. The number of aryl methyl sites for hydroxylation is 2. The second-order valence-corrected chi connectivity index (χ2v) is 4.86. The highest BCUT2D eigenvalue weighted by molar-refractivity contribution is 5.48. The molecule has 0 amide bonds. The van der Waals surface area contributed by atoms with Crippen LogP contribution < -0.4 is 14.8 Å². The monoisotopic (exact) mass is 305 g/mol. The number of nitrogens with zero attached hydrogens (tertiary/aromatic N) is 2. The highest BCUT2D eigenvalue weighted by atomic mass is 16.5. The Balaban J connectivity index is 2.03. The number of benzene rings is 1. The van der Waals surface area contributed by atoms with Gasteiger partial charge in [-0.3, -0.25) is 0 Å². The minimum atomic E-state index is 0.0145. The summed E-state index contributed by atoms with van der Waals surface area (Å²) in [7, 11) is 3.54. The summed E-state index contributed by atoms with van der Waals surface area (Å²) in [6, 6.07) is 7.64. The van der Waals surface area contributed by atoms with Crippen LogP contribution in [-0.2, 0) is 20.0 Å². The van der Waals surface area contributed by atoms with Crippen LogP contribution in [0.3, 0.4) is 0 Å². The van der Waals surface area contributed by atoms with Crippen molar-refractivity contribution >= 4 is 5.69 Å². The van der Waals surface area contributed by atoms with E-state index in [1.807, 2.05) is 31.3 Å². The number of rotatable bonds is 8. The maximum atomic E-state index is 8.74. The number of methoxy groups -OCH3 is 1. The summed E-state index contributed by atoms with van der Waals surface area (Å²) < 4.78 is 12.5. The lowest BCUT2D eigenvalue weighted by Gasteiger charge is -2.10. The molecule has 0 fully saturated rings. The van der Waals surface area contributed by atoms with Gasteiger partial charge in [0, 0.05) is 19.3 Å². The predicted octanol–water partition coefficient (Wildman–Crippen LogP) is 1.97. The number of aromatic nitrogens is 2. The van der Waals surface area contributed by atoms with Gasteiger partial charge in [-0.05, 0) is 30.7 Å². The highest BCUT2D eigenvalue weighted by Gasteiger charge is 2.15. The molecule has 0 radical (unpaired) electrons. The van der Waals surface area contributed by atoms with Crippen molar-refractivity contribution in [1.82, 2.24) is 9.78 Å². The first-order valence-electron chi connectivity index (χ1n) is 7.35. The lowest BCUT2D eigenvalue weighted by molar-refractivity contribution is 0.201. The normalized spacial score (nSPS) is 10.5. The van der Waals surface area contributed by atoms with Crippen LogP contribution in [0.4, 0.5) is 5.69 Å². The quantitative estimate of drug-likeness (QED) is 0.780. The smallest absolute Gasteiger partial charge is 0.216 e. The zero-order valence-corrected chi connectivity index (χ0v) is 13.3. The fourth-order valence-electron chi connectivity index (χ4n) is 2.35. The maximum absolute atomic E-state index is 8.74. The van der Waals surface area contributed by atoms with Gasteiger partial charge >= 0.3 is 0 Å². The van der Waals surface area contributed by atoms with Crippen molar-refractivity contribution < 1.29 is 14.6 Å². The van der Waals surface area contributed by atoms with E-state index >= 15 is 0 Å². The molecular formula is C16H23N3O3. The second kappa shape index (κ2) is 7.70. The molecule has 2 rings (SSSR count). The molecule has 2 aromatic rings. The Kier molecular flexibility index (Phi) is 5.66. The van der Waals surface area contributed by atoms with Crippen LogP contribution in [0.2, 0.25) is 0 Å². The van der Waals surface area contributed by atoms with Gasteiger partial charge in [-0.15, -0.1) is 0 Å². The largest absolute Gasteiger partial charge is 0.491 e. The van der Waals surface area contributed by atoms with Crippen molar-refractivity contribution in [2.24, 2.45) is 7.05 Å². The molecule has 0 aliphatic carbocycles. The van der Waals surface area contributed by atoms with Crippen molar-refractivity contribution in [3.63, 3.8) is 0 Å². The van der Waals surface area contributed by atoms with Crippen LogP contribution in [0, 0.1) is 0 Å². The Bertz CT molecular complexity index is 593. The van der Waals surface area contributed by atoms with Gasteiger partial charge in [0.25, 0.3) is 0 Å². The van der Waals surface area contributed by atoms with Crippen molar-refractivity contribution in [3.05, 3.63) is 35.5 Å². The summed E-state index contributed by atoms with van der Waals surface area (Å²) in [6.45, 7) is 3.05. The summed E-state index contributed by atoms with van der Waals surface area (Å²) >= 11 is 0. The summed E-state index contributed by atoms with van der Waals surface area (Å²) in [5, 5.41) is 16.6. The van der Waals surface area contributed by atoms with E-state index in [-0.39, 0.29) is 6.61 Å². The molecule has 0 unspecified atom stereocenters. The highest BCUT2D eigenvalue weighted by Crippen LogP contribution is 2.24. The van der Waals surface area contributed by atoms with Crippen LogP contribution in [0.5, 0.6) is 11.6 Å². The van der Waals surface area contributed by atoms with Gasteiger partial charge in [0.05, 0.1) is 25.0 Å². The van der Waals surface area contributed by atoms with Crippen molar-refractivity contribution in [1.29, 1.82) is 0 Å². The van der Waals surface area contributed by atoms with E-state index in [4.69, 9.17) is 14.6 Å². The number of aliphatic hydroxyl groups is 1. The third-order valence-corrected chi connectivity index (χ3v) is 3.38. The van der Waals surface area contributed by atoms with Crippen LogP contribution in [0.1, 0.15) is 18.2 Å². The molecule has 0 spiro atoms. The average molecular weight is 305 g/mol. The topological polar surface area (TPSA) is 68.5 Å². The molecule has 120 valence electrons.